The Morgan fingerprint density at radius 2 is 2.00 bits per heavy atom. The maximum Gasteiger partial charge on any atom is 0.232 e. The van der Waals surface area contributed by atoms with Crippen LogP contribution in [-0.2, 0) is 4.79 Å². The van der Waals surface area contributed by atoms with Gasteiger partial charge in [0, 0.05) is 13.1 Å². The summed E-state index contributed by atoms with van der Waals surface area (Å²) in [6.07, 6.45) is 5.54. The van der Waals surface area contributed by atoms with Crippen LogP contribution in [0.15, 0.2) is 35.7 Å². The van der Waals surface area contributed by atoms with Gasteiger partial charge in [0.1, 0.15) is 11.4 Å². The van der Waals surface area contributed by atoms with E-state index < -0.39 is 0 Å². The van der Waals surface area contributed by atoms with E-state index in [9.17, 15) is 4.79 Å². The Bertz CT molecular complexity index is 1010. The highest BCUT2D eigenvalue weighted by atomic mass is 32.2. The van der Waals surface area contributed by atoms with Gasteiger partial charge in [0.2, 0.25) is 5.91 Å². The van der Waals surface area contributed by atoms with Crippen molar-refractivity contribution in [1.29, 1.82) is 0 Å². The number of carbonyl (C=O) groups is 1. The fraction of sp³-hybridized carbons (Fsp3) is 0.429. The average Bonchev–Trinajstić information content (AvgIpc) is 3.11. The van der Waals surface area contributed by atoms with Gasteiger partial charge < -0.3 is 4.90 Å². The van der Waals surface area contributed by atoms with E-state index in [0.717, 1.165) is 53.2 Å². The summed E-state index contributed by atoms with van der Waals surface area (Å²) in [5.74, 6) is 1.30. The van der Waals surface area contributed by atoms with Gasteiger partial charge in [-0.25, -0.2) is 14.6 Å². The predicted molar refractivity (Wildman–Crippen MR) is 112 cm³/mol. The summed E-state index contributed by atoms with van der Waals surface area (Å²) in [4.78, 5) is 23.4. The van der Waals surface area contributed by atoms with Gasteiger partial charge >= 0.3 is 0 Å². The van der Waals surface area contributed by atoms with Crippen molar-refractivity contribution in [1.82, 2.24) is 24.6 Å². The van der Waals surface area contributed by atoms with E-state index in [1.807, 2.05) is 9.58 Å². The van der Waals surface area contributed by atoms with Crippen LogP contribution in [0.2, 0.25) is 0 Å². The highest BCUT2D eigenvalue weighted by molar-refractivity contribution is 8.00. The predicted octanol–water partition coefficient (Wildman–Crippen LogP) is 3.78. The van der Waals surface area contributed by atoms with Crippen molar-refractivity contribution >= 4 is 28.7 Å². The van der Waals surface area contributed by atoms with Crippen LogP contribution in [0.4, 0.5) is 0 Å². The number of hydrogen-bond donors (Lipinski definition) is 0. The highest BCUT2D eigenvalue weighted by Gasteiger charge is 2.21. The minimum absolute atomic E-state index is 0.186. The molecule has 28 heavy (non-hydrogen) atoms. The van der Waals surface area contributed by atoms with E-state index in [-0.39, 0.29) is 5.91 Å². The summed E-state index contributed by atoms with van der Waals surface area (Å²) in [7, 11) is 0. The molecule has 1 aliphatic heterocycles. The summed E-state index contributed by atoms with van der Waals surface area (Å²) in [5, 5.41) is 6.23. The first-order chi connectivity index (χ1) is 13.5. The minimum atomic E-state index is 0.186. The lowest BCUT2D eigenvalue weighted by Gasteiger charge is -2.30. The highest BCUT2D eigenvalue weighted by Crippen LogP contribution is 2.27. The lowest BCUT2D eigenvalue weighted by Crippen LogP contribution is -2.38. The number of hydrogen-bond acceptors (Lipinski definition) is 5. The fourth-order valence-corrected chi connectivity index (χ4v) is 4.50. The third-order valence-electron chi connectivity index (χ3n) is 5.38. The Hall–Kier alpha value is -2.41. The second-order valence-electron chi connectivity index (χ2n) is 7.61. The SMILES string of the molecule is Cc1ccc(-n2ncc3c(SCC(=O)N4CCC(C)CC4)ncnc32)c(C)c1. The smallest absolute Gasteiger partial charge is 0.232 e. The van der Waals surface area contributed by atoms with E-state index in [1.165, 1.54) is 17.3 Å². The van der Waals surface area contributed by atoms with Gasteiger partial charge in [0.05, 0.1) is 23.0 Å². The number of piperidine rings is 1. The number of benzene rings is 1. The number of aromatic nitrogens is 4. The zero-order valence-electron chi connectivity index (χ0n) is 16.6. The van der Waals surface area contributed by atoms with Crippen molar-refractivity contribution < 1.29 is 4.79 Å². The van der Waals surface area contributed by atoms with Crippen LogP contribution >= 0.6 is 11.8 Å². The third-order valence-corrected chi connectivity index (χ3v) is 6.37. The van der Waals surface area contributed by atoms with Crippen LogP contribution < -0.4 is 0 Å². The van der Waals surface area contributed by atoms with E-state index in [4.69, 9.17) is 0 Å². The van der Waals surface area contributed by atoms with Gasteiger partial charge in [-0.05, 0) is 44.2 Å². The Morgan fingerprint density at radius 3 is 2.75 bits per heavy atom. The van der Waals surface area contributed by atoms with Crippen molar-refractivity contribution in [2.24, 2.45) is 5.92 Å². The maximum absolute atomic E-state index is 12.6. The molecule has 0 saturated carbocycles. The lowest BCUT2D eigenvalue weighted by molar-refractivity contribution is -0.129. The number of carbonyl (C=O) groups excluding carboxylic acids is 1. The molecule has 0 radical (unpaired) electrons. The summed E-state index contributed by atoms with van der Waals surface area (Å²) < 4.78 is 1.85. The number of thioether (sulfide) groups is 1. The Morgan fingerprint density at radius 1 is 1.21 bits per heavy atom. The molecule has 0 spiro atoms. The van der Waals surface area contributed by atoms with Crippen molar-refractivity contribution in [2.45, 2.75) is 38.6 Å². The number of amides is 1. The summed E-state index contributed by atoms with van der Waals surface area (Å²) >= 11 is 1.47. The molecular formula is C21H25N5OS. The van der Waals surface area contributed by atoms with Crippen LogP contribution in [0.25, 0.3) is 16.7 Å². The largest absolute Gasteiger partial charge is 0.342 e. The minimum Gasteiger partial charge on any atom is -0.342 e. The lowest BCUT2D eigenvalue weighted by atomic mass is 9.99. The van der Waals surface area contributed by atoms with Gasteiger partial charge in [-0.2, -0.15) is 5.10 Å². The molecule has 1 aromatic carbocycles. The van der Waals surface area contributed by atoms with Crippen LogP contribution in [0.1, 0.15) is 30.9 Å². The quantitative estimate of drug-likeness (QED) is 0.497. The van der Waals surface area contributed by atoms with E-state index >= 15 is 0 Å². The second kappa shape index (κ2) is 7.91. The molecule has 3 aromatic rings. The molecule has 0 aliphatic carbocycles. The van der Waals surface area contributed by atoms with Crippen molar-refractivity contribution in [3.8, 4) is 5.69 Å². The molecule has 3 heterocycles. The molecule has 1 saturated heterocycles. The normalized spacial score (nSPS) is 15.3. The molecule has 0 N–H and O–H groups in total. The molecule has 6 nitrogen and oxygen atoms in total. The Labute approximate surface area is 169 Å². The van der Waals surface area contributed by atoms with Crippen LogP contribution in [0.5, 0.6) is 0 Å². The number of likely N-dealkylation sites (tertiary alicyclic amines) is 1. The molecule has 1 aliphatic rings. The Balaban J connectivity index is 1.54. The molecular weight excluding hydrogens is 370 g/mol. The molecule has 0 unspecified atom stereocenters. The molecule has 0 atom stereocenters. The van der Waals surface area contributed by atoms with E-state index in [0.29, 0.717) is 11.7 Å². The summed E-state index contributed by atoms with van der Waals surface area (Å²) in [6.45, 7) is 8.14. The van der Waals surface area contributed by atoms with Crippen LogP contribution in [0, 0.1) is 19.8 Å². The molecule has 1 amide bonds. The maximum atomic E-state index is 12.6. The van der Waals surface area contributed by atoms with Gasteiger partial charge in [0.25, 0.3) is 0 Å². The van der Waals surface area contributed by atoms with Gasteiger partial charge in [0.15, 0.2) is 5.65 Å². The number of aryl methyl sites for hydroxylation is 2. The van der Waals surface area contributed by atoms with Crippen molar-refractivity contribution in [3.63, 3.8) is 0 Å². The van der Waals surface area contributed by atoms with E-state index in [1.54, 1.807) is 12.5 Å². The molecule has 0 bridgehead atoms. The fourth-order valence-electron chi connectivity index (χ4n) is 3.64. The molecule has 4 rings (SSSR count). The molecule has 7 heteroatoms. The van der Waals surface area contributed by atoms with Gasteiger partial charge in [-0.1, -0.05) is 36.4 Å². The first-order valence-corrected chi connectivity index (χ1v) is 10.7. The van der Waals surface area contributed by atoms with Gasteiger partial charge in [-0.3, -0.25) is 4.79 Å². The first-order valence-electron chi connectivity index (χ1n) is 9.70. The van der Waals surface area contributed by atoms with E-state index in [2.05, 4.69) is 54.0 Å². The summed E-state index contributed by atoms with van der Waals surface area (Å²) in [6, 6.07) is 6.27. The zero-order valence-corrected chi connectivity index (χ0v) is 17.4. The molecule has 2 aromatic heterocycles. The Kier molecular flexibility index (Phi) is 5.35. The van der Waals surface area contributed by atoms with Crippen molar-refractivity contribution in [2.75, 3.05) is 18.8 Å². The molecule has 146 valence electrons. The summed E-state index contributed by atoms with van der Waals surface area (Å²) in [5.41, 5.74) is 4.14. The first kappa shape index (κ1) is 18.9. The standard InChI is InChI=1S/C21H25N5OS/c1-14-6-8-25(9-7-14)19(27)12-28-21-17-11-24-26(20(17)22-13-23-21)18-5-4-15(2)10-16(18)3/h4-5,10-11,13-14H,6-9,12H2,1-3H3. The molecule has 1 fully saturated rings. The topological polar surface area (TPSA) is 63.9 Å². The van der Waals surface area contributed by atoms with Crippen LogP contribution in [0.3, 0.4) is 0 Å². The van der Waals surface area contributed by atoms with Gasteiger partial charge in [-0.15, -0.1) is 0 Å². The monoisotopic (exact) mass is 395 g/mol. The number of rotatable bonds is 4. The average molecular weight is 396 g/mol. The number of fused-ring (bicyclic) bond motifs is 1. The second-order valence-corrected chi connectivity index (χ2v) is 8.58. The third kappa shape index (κ3) is 3.76. The van der Waals surface area contributed by atoms with Crippen LogP contribution in [-0.4, -0.2) is 49.4 Å². The zero-order chi connectivity index (χ0) is 19.7. The number of nitrogens with zero attached hydrogens (tertiary/aromatic N) is 5. The van der Waals surface area contributed by atoms with Crippen molar-refractivity contribution in [3.05, 3.63) is 41.9 Å².